The first kappa shape index (κ1) is 15.3. The Morgan fingerprint density at radius 1 is 1.07 bits per heavy atom. The van der Waals surface area contributed by atoms with Crippen molar-refractivity contribution in [1.82, 2.24) is 24.7 Å². The molecule has 3 heterocycles. The van der Waals surface area contributed by atoms with E-state index in [9.17, 15) is 4.39 Å². The fourth-order valence-corrected chi connectivity index (χ4v) is 3.05. The van der Waals surface area contributed by atoms with Gasteiger partial charge < -0.3 is 10.5 Å². The molecule has 0 fully saturated rings. The van der Waals surface area contributed by atoms with E-state index < -0.39 is 5.82 Å². The molecule has 0 radical (unpaired) electrons. The van der Waals surface area contributed by atoms with Crippen molar-refractivity contribution < 1.29 is 9.13 Å². The predicted octanol–water partition coefficient (Wildman–Crippen LogP) is 3.81. The van der Waals surface area contributed by atoms with Crippen molar-refractivity contribution in [2.45, 2.75) is 0 Å². The normalized spacial score (nSPS) is 11.3. The molecule has 0 aliphatic carbocycles. The number of benzene rings is 2. The third-order valence-electron chi connectivity index (χ3n) is 4.31. The SMILES string of the molecule is Nc1ncnc2[nH]nc(-n3ccc4cc(F)c(Oc5ccccc5)cc43)c12. The van der Waals surface area contributed by atoms with Gasteiger partial charge in [0.1, 0.15) is 23.3 Å². The van der Waals surface area contributed by atoms with Crippen LogP contribution in [0.4, 0.5) is 10.2 Å². The highest BCUT2D eigenvalue weighted by Gasteiger charge is 2.16. The van der Waals surface area contributed by atoms with Crippen LogP contribution in [0.5, 0.6) is 11.5 Å². The van der Waals surface area contributed by atoms with Crippen LogP contribution in [0.1, 0.15) is 0 Å². The average Bonchev–Trinajstić information content (AvgIpc) is 3.27. The van der Waals surface area contributed by atoms with Crippen LogP contribution in [-0.4, -0.2) is 24.7 Å². The van der Waals surface area contributed by atoms with Crippen LogP contribution in [0, 0.1) is 5.82 Å². The van der Waals surface area contributed by atoms with Gasteiger partial charge in [-0.25, -0.2) is 14.4 Å². The summed E-state index contributed by atoms with van der Waals surface area (Å²) in [7, 11) is 0. The highest BCUT2D eigenvalue weighted by Crippen LogP contribution is 2.32. The molecule has 0 amide bonds. The fraction of sp³-hybridized carbons (Fsp3) is 0. The number of rotatable bonds is 3. The van der Waals surface area contributed by atoms with E-state index in [1.807, 2.05) is 18.2 Å². The zero-order chi connectivity index (χ0) is 18.4. The molecule has 0 unspecified atom stereocenters. The summed E-state index contributed by atoms with van der Waals surface area (Å²) in [6, 6.07) is 13.9. The van der Waals surface area contributed by atoms with E-state index >= 15 is 0 Å². The maximum atomic E-state index is 14.5. The topological polar surface area (TPSA) is 94.6 Å². The van der Waals surface area contributed by atoms with Gasteiger partial charge in [0.2, 0.25) is 0 Å². The summed E-state index contributed by atoms with van der Waals surface area (Å²) in [6.07, 6.45) is 3.16. The van der Waals surface area contributed by atoms with Gasteiger partial charge in [-0.2, -0.15) is 5.10 Å². The number of halogens is 1. The van der Waals surface area contributed by atoms with Gasteiger partial charge in [0.25, 0.3) is 0 Å². The average molecular weight is 360 g/mol. The summed E-state index contributed by atoms with van der Waals surface area (Å²) in [5.74, 6) is 1.08. The van der Waals surface area contributed by atoms with Crippen molar-refractivity contribution in [3.63, 3.8) is 0 Å². The van der Waals surface area contributed by atoms with E-state index in [0.717, 1.165) is 5.52 Å². The quantitative estimate of drug-likeness (QED) is 0.510. The van der Waals surface area contributed by atoms with Crippen molar-refractivity contribution in [3.8, 4) is 17.3 Å². The Morgan fingerprint density at radius 3 is 2.78 bits per heavy atom. The van der Waals surface area contributed by atoms with Crippen molar-refractivity contribution in [3.05, 3.63) is 66.9 Å². The van der Waals surface area contributed by atoms with Crippen molar-refractivity contribution in [2.75, 3.05) is 5.73 Å². The summed E-state index contributed by atoms with van der Waals surface area (Å²) in [6.45, 7) is 0. The minimum absolute atomic E-state index is 0.123. The monoisotopic (exact) mass is 360 g/mol. The van der Waals surface area contributed by atoms with E-state index in [0.29, 0.717) is 33.8 Å². The lowest BCUT2D eigenvalue weighted by Crippen LogP contribution is -1.98. The highest BCUT2D eigenvalue weighted by molar-refractivity contribution is 5.94. The molecule has 0 bridgehead atoms. The number of nitrogens with two attached hydrogens (primary N) is 1. The number of hydrogen-bond donors (Lipinski definition) is 2. The first-order valence-corrected chi connectivity index (χ1v) is 8.19. The lowest BCUT2D eigenvalue weighted by atomic mass is 10.2. The number of ether oxygens (including phenoxy) is 1. The third kappa shape index (κ3) is 2.46. The summed E-state index contributed by atoms with van der Waals surface area (Å²) >= 11 is 0. The van der Waals surface area contributed by atoms with E-state index in [2.05, 4.69) is 20.2 Å². The van der Waals surface area contributed by atoms with E-state index in [1.165, 1.54) is 12.4 Å². The zero-order valence-corrected chi connectivity index (χ0v) is 13.9. The van der Waals surface area contributed by atoms with E-state index in [-0.39, 0.29) is 5.75 Å². The molecule has 0 saturated carbocycles. The number of nitrogens with one attached hydrogen (secondary N) is 1. The van der Waals surface area contributed by atoms with Gasteiger partial charge in [0, 0.05) is 17.6 Å². The number of nitrogen functional groups attached to an aromatic ring is 1. The van der Waals surface area contributed by atoms with Crippen LogP contribution in [-0.2, 0) is 0 Å². The van der Waals surface area contributed by atoms with Gasteiger partial charge in [-0.3, -0.25) is 9.67 Å². The molecule has 5 rings (SSSR count). The minimum atomic E-state index is -0.446. The van der Waals surface area contributed by atoms with Gasteiger partial charge in [0.15, 0.2) is 23.0 Å². The molecule has 132 valence electrons. The smallest absolute Gasteiger partial charge is 0.172 e. The molecule has 0 aliphatic heterocycles. The van der Waals surface area contributed by atoms with Crippen LogP contribution in [0.2, 0.25) is 0 Å². The number of nitrogens with zero attached hydrogens (tertiary/aromatic N) is 4. The van der Waals surface area contributed by atoms with Gasteiger partial charge in [-0.05, 0) is 24.3 Å². The second-order valence-corrected chi connectivity index (χ2v) is 5.97. The highest BCUT2D eigenvalue weighted by atomic mass is 19.1. The lowest BCUT2D eigenvalue weighted by Gasteiger charge is -2.09. The zero-order valence-electron chi connectivity index (χ0n) is 13.9. The van der Waals surface area contributed by atoms with E-state index in [4.69, 9.17) is 10.5 Å². The Kier molecular flexibility index (Phi) is 3.29. The van der Waals surface area contributed by atoms with Gasteiger partial charge in [-0.15, -0.1) is 0 Å². The minimum Gasteiger partial charge on any atom is -0.454 e. The number of aromatic amines is 1. The molecule has 2 aromatic carbocycles. The van der Waals surface area contributed by atoms with Crippen molar-refractivity contribution in [2.24, 2.45) is 0 Å². The van der Waals surface area contributed by atoms with Crippen LogP contribution >= 0.6 is 0 Å². The van der Waals surface area contributed by atoms with Crippen LogP contribution in [0.3, 0.4) is 0 Å². The maximum absolute atomic E-state index is 14.5. The Morgan fingerprint density at radius 2 is 1.93 bits per heavy atom. The molecule has 5 aromatic rings. The van der Waals surface area contributed by atoms with Crippen LogP contribution < -0.4 is 10.5 Å². The standard InChI is InChI=1S/C19H13FN6O/c20-13-8-11-6-7-26(19-16-17(21)22-10-23-18(16)24-25-19)14(11)9-15(13)27-12-4-2-1-3-5-12/h1-10H,(H3,21,22,23,24,25). The molecule has 8 heteroatoms. The second kappa shape index (κ2) is 5.80. The molecular formula is C19H13FN6O. The van der Waals surface area contributed by atoms with Crippen LogP contribution in [0.25, 0.3) is 27.8 Å². The molecule has 7 nitrogen and oxygen atoms in total. The molecule has 0 aliphatic rings. The Bertz CT molecular complexity index is 1280. The first-order chi connectivity index (χ1) is 13.2. The van der Waals surface area contributed by atoms with Gasteiger partial charge in [0.05, 0.1) is 5.52 Å². The van der Waals surface area contributed by atoms with E-state index in [1.54, 1.807) is 35.0 Å². The molecule has 0 spiro atoms. The Labute approximate surface area is 152 Å². The summed E-state index contributed by atoms with van der Waals surface area (Å²) in [5, 5.41) is 8.46. The Balaban J connectivity index is 1.68. The molecule has 27 heavy (non-hydrogen) atoms. The van der Waals surface area contributed by atoms with Crippen LogP contribution in [0.15, 0.2) is 61.1 Å². The van der Waals surface area contributed by atoms with Crippen molar-refractivity contribution in [1.29, 1.82) is 0 Å². The first-order valence-electron chi connectivity index (χ1n) is 8.19. The molecular weight excluding hydrogens is 347 g/mol. The van der Waals surface area contributed by atoms with Gasteiger partial charge in [-0.1, -0.05) is 18.2 Å². The summed E-state index contributed by atoms with van der Waals surface area (Å²) < 4.78 is 22.0. The summed E-state index contributed by atoms with van der Waals surface area (Å²) in [4.78, 5) is 8.16. The summed E-state index contributed by atoms with van der Waals surface area (Å²) in [5.41, 5.74) is 7.25. The second-order valence-electron chi connectivity index (χ2n) is 5.97. The Hall–Kier alpha value is -3.94. The molecule has 3 aromatic heterocycles. The van der Waals surface area contributed by atoms with Gasteiger partial charge >= 0.3 is 0 Å². The number of fused-ring (bicyclic) bond motifs is 2. The maximum Gasteiger partial charge on any atom is 0.172 e. The number of hydrogen-bond acceptors (Lipinski definition) is 5. The van der Waals surface area contributed by atoms with Crippen molar-refractivity contribution >= 4 is 27.8 Å². The third-order valence-corrected chi connectivity index (χ3v) is 4.31. The molecule has 0 saturated heterocycles. The fourth-order valence-electron chi connectivity index (χ4n) is 3.05. The number of aromatic nitrogens is 5. The number of para-hydroxylation sites is 1. The largest absolute Gasteiger partial charge is 0.454 e. The molecule has 0 atom stereocenters. The number of anilines is 1. The molecule has 3 N–H and O–H groups in total. The lowest BCUT2D eigenvalue weighted by molar-refractivity contribution is 0.443. The number of H-pyrrole nitrogens is 1. The predicted molar refractivity (Wildman–Crippen MR) is 99.4 cm³/mol.